The lowest BCUT2D eigenvalue weighted by Gasteiger charge is -2.16. The molecule has 2 heteroatoms. The second-order valence-corrected chi connectivity index (χ2v) is 5.64. The Morgan fingerprint density at radius 3 is 2.42 bits per heavy atom. The third-order valence-electron chi connectivity index (χ3n) is 3.49. The van der Waals surface area contributed by atoms with Gasteiger partial charge in [0.2, 0.25) is 0 Å². The fourth-order valence-electron chi connectivity index (χ4n) is 2.66. The minimum Gasteiger partial charge on any atom is -0.252 e. The molecule has 0 unspecified atom stereocenters. The average Bonchev–Trinajstić information content (AvgIpc) is 2.36. The minimum absolute atomic E-state index is 0.754. The van der Waals surface area contributed by atoms with E-state index in [2.05, 4.69) is 38.1 Å². The summed E-state index contributed by atoms with van der Waals surface area (Å²) in [7, 11) is 0. The Labute approximate surface area is 119 Å². The van der Waals surface area contributed by atoms with Crippen molar-refractivity contribution in [1.29, 1.82) is 0 Å². The zero-order valence-corrected chi connectivity index (χ0v) is 12.0. The highest BCUT2D eigenvalue weighted by atomic mass is 35.5. The highest BCUT2D eigenvalue weighted by Gasteiger charge is 2.14. The van der Waals surface area contributed by atoms with Gasteiger partial charge in [-0.25, -0.2) is 0 Å². The first kappa shape index (κ1) is 12.4. The first-order chi connectivity index (χ1) is 9.11. The first-order valence-electron chi connectivity index (χ1n) is 6.56. The van der Waals surface area contributed by atoms with Crippen LogP contribution < -0.4 is 0 Å². The molecule has 0 spiro atoms. The maximum absolute atomic E-state index is 6.05. The summed E-state index contributed by atoms with van der Waals surface area (Å²) in [5, 5.41) is 0.754. The molecule has 19 heavy (non-hydrogen) atoms. The predicted octanol–water partition coefficient (Wildman–Crippen LogP) is 5.02. The maximum atomic E-state index is 6.05. The Hall–Kier alpha value is -1.60. The Morgan fingerprint density at radius 2 is 1.68 bits per heavy atom. The van der Waals surface area contributed by atoms with Gasteiger partial charge in [-0.15, -0.1) is 0 Å². The quantitative estimate of drug-likeness (QED) is 0.689. The van der Waals surface area contributed by atoms with Crippen LogP contribution in [0.4, 0.5) is 5.69 Å². The number of fused-ring (bicyclic) bond motifs is 1. The van der Waals surface area contributed by atoms with Crippen LogP contribution in [0.15, 0.2) is 41.4 Å². The second-order valence-electron chi connectivity index (χ2n) is 5.21. The van der Waals surface area contributed by atoms with Gasteiger partial charge in [-0.1, -0.05) is 47.0 Å². The molecule has 2 aromatic carbocycles. The molecule has 0 amide bonds. The molecule has 1 aliphatic heterocycles. The zero-order chi connectivity index (χ0) is 13.4. The Balaban J connectivity index is 2.07. The third kappa shape index (κ3) is 2.57. The van der Waals surface area contributed by atoms with E-state index in [0.717, 1.165) is 23.6 Å². The number of aliphatic imine (C=N–C) groups is 1. The normalized spacial score (nSPS) is 13.9. The van der Waals surface area contributed by atoms with E-state index in [1.54, 1.807) is 0 Å². The molecule has 2 aromatic rings. The number of rotatable bonds is 1. The summed E-state index contributed by atoms with van der Waals surface area (Å²) >= 11 is 6.05. The van der Waals surface area contributed by atoms with Crippen molar-refractivity contribution in [2.45, 2.75) is 26.7 Å². The van der Waals surface area contributed by atoms with Gasteiger partial charge in [0.05, 0.1) is 5.69 Å². The molecule has 0 fully saturated rings. The van der Waals surface area contributed by atoms with Crippen LogP contribution >= 0.6 is 11.6 Å². The van der Waals surface area contributed by atoms with Crippen LogP contribution in [0.1, 0.15) is 28.7 Å². The summed E-state index contributed by atoms with van der Waals surface area (Å²) in [5.74, 6) is 0. The van der Waals surface area contributed by atoms with E-state index in [1.807, 2.05) is 12.1 Å². The second kappa shape index (κ2) is 4.82. The predicted molar refractivity (Wildman–Crippen MR) is 81.9 cm³/mol. The van der Waals surface area contributed by atoms with Crippen molar-refractivity contribution in [2.75, 3.05) is 0 Å². The standard InChI is InChI=1S/C17H16ClN/c1-11-7-12(2)9-14(8-11)16-6-4-13-3-5-15(18)10-17(13)19-16/h3,5,7-10H,4,6H2,1-2H3. The lowest BCUT2D eigenvalue weighted by molar-refractivity contribution is 1.01. The van der Waals surface area contributed by atoms with Crippen LogP contribution in [0.2, 0.25) is 5.02 Å². The van der Waals surface area contributed by atoms with Crippen molar-refractivity contribution >= 4 is 23.0 Å². The Bertz CT molecular complexity index is 651. The summed E-state index contributed by atoms with van der Waals surface area (Å²) in [6.07, 6.45) is 2.04. The Morgan fingerprint density at radius 1 is 0.947 bits per heavy atom. The van der Waals surface area contributed by atoms with Crippen LogP contribution in [-0.2, 0) is 6.42 Å². The molecule has 3 rings (SSSR count). The van der Waals surface area contributed by atoms with E-state index in [-0.39, 0.29) is 0 Å². The maximum Gasteiger partial charge on any atom is 0.0680 e. The molecule has 0 atom stereocenters. The van der Waals surface area contributed by atoms with E-state index in [0.29, 0.717) is 0 Å². The van der Waals surface area contributed by atoms with Gasteiger partial charge in [0, 0.05) is 10.7 Å². The zero-order valence-electron chi connectivity index (χ0n) is 11.2. The number of halogens is 1. The molecule has 96 valence electrons. The fourth-order valence-corrected chi connectivity index (χ4v) is 2.82. The summed E-state index contributed by atoms with van der Waals surface area (Å²) in [4.78, 5) is 4.79. The SMILES string of the molecule is Cc1cc(C)cc(C2=Nc3cc(Cl)ccc3CC2)c1. The number of hydrogen-bond donors (Lipinski definition) is 0. The molecular formula is C17H16ClN. The first-order valence-corrected chi connectivity index (χ1v) is 6.94. The molecule has 0 aromatic heterocycles. The minimum atomic E-state index is 0.754. The number of aryl methyl sites for hydroxylation is 3. The molecule has 1 nitrogen and oxygen atoms in total. The van der Waals surface area contributed by atoms with Crippen molar-refractivity contribution in [1.82, 2.24) is 0 Å². The van der Waals surface area contributed by atoms with E-state index in [9.17, 15) is 0 Å². The van der Waals surface area contributed by atoms with E-state index < -0.39 is 0 Å². The monoisotopic (exact) mass is 269 g/mol. The lowest BCUT2D eigenvalue weighted by atomic mass is 9.95. The van der Waals surface area contributed by atoms with Crippen molar-refractivity contribution < 1.29 is 0 Å². The van der Waals surface area contributed by atoms with Gasteiger partial charge < -0.3 is 0 Å². The summed E-state index contributed by atoms with van der Waals surface area (Å²) in [6, 6.07) is 12.6. The molecule has 0 N–H and O–H groups in total. The molecule has 0 saturated heterocycles. The van der Waals surface area contributed by atoms with E-state index in [1.165, 1.54) is 28.0 Å². The smallest absolute Gasteiger partial charge is 0.0680 e. The molecular weight excluding hydrogens is 254 g/mol. The van der Waals surface area contributed by atoms with E-state index >= 15 is 0 Å². The third-order valence-corrected chi connectivity index (χ3v) is 3.72. The molecule has 0 saturated carbocycles. The topological polar surface area (TPSA) is 12.4 Å². The fraction of sp³-hybridized carbons (Fsp3) is 0.235. The van der Waals surface area contributed by atoms with Crippen molar-refractivity contribution in [2.24, 2.45) is 4.99 Å². The highest BCUT2D eigenvalue weighted by molar-refractivity contribution is 6.30. The molecule has 1 aliphatic rings. The number of hydrogen-bond acceptors (Lipinski definition) is 1. The van der Waals surface area contributed by atoms with Gasteiger partial charge >= 0.3 is 0 Å². The summed E-state index contributed by atoms with van der Waals surface area (Å²) < 4.78 is 0. The largest absolute Gasteiger partial charge is 0.252 e. The Kier molecular flexibility index (Phi) is 3.16. The van der Waals surface area contributed by atoms with Gasteiger partial charge in [0.15, 0.2) is 0 Å². The van der Waals surface area contributed by atoms with Crippen LogP contribution in [0, 0.1) is 13.8 Å². The molecule has 0 aliphatic carbocycles. The molecule has 0 radical (unpaired) electrons. The average molecular weight is 270 g/mol. The van der Waals surface area contributed by atoms with Crippen LogP contribution in [-0.4, -0.2) is 5.71 Å². The van der Waals surface area contributed by atoms with Gasteiger partial charge in [-0.05, 0) is 49.9 Å². The summed E-state index contributed by atoms with van der Waals surface area (Å²) in [6.45, 7) is 4.26. The van der Waals surface area contributed by atoms with Gasteiger partial charge in [-0.3, -0.25) is 4.99 Å². The molecule has 0 bridgehead atoms. The lowest BCUT2D eigenvalue weighted by Crippen LogP contribution is -2.08. The van der Waals surface area contributed by atoms with Crippen molar-refractivity contribution in [3.05, 3.63) is 63.7 Å². The van der Waals surface area contributed by atoms with Crippen LogP contribution in [0.3, 0.4) is 0 Å². The number of benzene rings is 2. The van der Waals surface area contributed by atoms with E-state index in [4.69, 9.17) is 16.6 Å². The molecule has 1 heterocycles. The van der Waals surface area contributed by atoms with Gasteiger partial charge in [-0.2, -0.15) is 0 Å². The van der Waals surface area contributed by atoms with Crippen LogP contribution in [0.25, 0.3) is 0 Å². The number of nitrogens with zero attached hydrogens (tertiary/aromatic N) is 1. The van der Waals surface area contributed by atoms with Crippen LogP contribution in [0.5, 0.6) is 0 Å². The highest BCUT2D eigenvalue weighted by Crippen LogP contribution is 2.30. The summed E-state index contributed by atoms with van der Waals surface area (Å²) in [5.41, 5.74) is 7.29. The van der Waals surface area contributed by atoms with Gasteiger partial charge in [0.1, 0.15) is 0 Å². The van der Waals surface area contributed by atoms with Gasteiger partial charge in [0.25, 0.3) is 0 Å². The van der Waals surface area contributed by atoms with Crippen molar-refractivity contribution in [3.63, 3.8) is 0 Å². The van der Waals surface area contributed by atoms with Crippen molar-refractivity contribution in [3.8, 4) is 0 Å².